The number of hydrogen-bond donors (Lipinski definition) is 0. The van der Waals surface area contributed by atoms with Crippen molar-refractivity contribution in [2.45, 2.75) is 19.0 Å². The van der Waals surface area contributed by atoms with E-state index in [2.05, 4.69) is 48.6 Å². The maximum absolute atomic E-state index is 12.9. The minimum atomic E-state index is -0.955. The van der Waals surface area contributed by atoms with E-state index >= 15 is 0 Å². The van der Waals surface area contributed by atoms with E-state index in [0.717, 1.165) is 0 Å². The second-order valence-corrected chi connectivity index (χ2v) is 9.73. The molecule has 0 spiro atoms. The van der Waals surface area contributed by atoms with Gasteiger partial charge in [-0.2, -0.15) is 0 Å². The fourth-order valence-electron chi connectivity index (χ4n) is 2.53. The summed E-state index contributed by atoms with van der Waals surface area (Å²) in [4.78, 5) is 2.43. The topological polar surface area (TPSA) is 17.1 Å². The molecule has 2 aromatic carbocycles. The van der Waals surface area contributed by atoms with Gasteiger partial charge in [0.15, 0.2) is 0 Å². The van der Waals surface area contributed by atoms with Gasteiger partial charge in [0.25, 0.3) is 0 Å². The molecule has 0 saturated carbocycles. The highest BCUT2D eigenvalue weighted by Gasteiger charge is 2.28. The van der Waals surface area contributed by atoms with Gasteiger partial charge in [0.05, 0.1) is 10.8 Å². The van der Waals surface area contributed by atoms with Gasteiger partial charge in [-0.1, -0.05) is 60.7 Å². The summed E-state index contributed by atoms with van der Waals surface area (Å²) in [6, 6.07) is 16.6. The first-order chi connectivity index (χ1) is 10.8. The minimum Gasteiger partial charge on any atom is -0.257 e. The van der Waals surface area contributed by atoms with Crippen molar-refractivity contribution >= 4 is 46.5 Å². The Balaban J connectivity index is 1.55. The van der Waals surface area contributed by atoms with Crippen molar-refractivity contribution < 1.29 is 4.21 Å². The third-order valence-electron chi connectivity index (χ3n) is 3.65. The molecule has 2 aliphatic rings. The van der Waals surface area contributed by atoms with Gasteiger partial charge in [0.1, 0.15) is 9.16 Å². The molecule has 2 aromatic rings. The van der Waals surface area contributed by atoms with E-state index in [1.807, 2.05) is 24.3 Å². The summed E-state index contributed by atoms with van der Waals surface area (Å²) in [5, 5.41) is 0. The standard InChI is InChI=1S/C18H14OS3/c19-22(17-11-9-13-5-1-3-7-15(13)20-17)18-12-10-14-6-2-4-8-16(14)21-18/h1-12,17-18H. The van der Waals surface area contributed by atoms with E-state index in [1.165, 1.54) is 20.9 Å². The third-order valence-corrected chi connectivity index (χ3v) is 8.62. The number of rotatable bonds is 2. The number of benzene rings is 2. The second kappa shape index (κ2) is 6.11. The van der Waals surface area contributed by atoms with Gasteiger partial charge in [0, 0.05) is 9.79 Å². The molecule has 0 bridgehead atoms. The average Bonchev–Trinajstić information content (AvgIpc) is 2.60. The van der Waals surface area contributed by atoms with Crippen LogP contribution in [0, 0.1) is 0 Å². The van der Waals surface area contributed by atoms with Crippen LogP contribution >= 0.6 is 23.5 Å². The van der Waals surface area contributed by atoms with Crippen LogP contribution in [0.5, 0.6) is 0 Å². The summed E-state index contributed by atoms with van der Waals surface area (Å²) in [6.45, 7) is 0. The quantitative estimate of drug-likeness (QED) is 0.762. The Morgan fingerprint density at radius 2 is 1.18 bits per heavy atom. The summed E-state index contributed by atoms with van der Waals surface area (Å²) >= 11 is 3.41. The smallest absolute Gasteiger partial charge is 0.105 e. The van der Waals surface area contributed by atoms with Crippen molar-refractivity contribution in [3.63, 3.8) is 0 Å². The van der Waals surface area contributed by atoms with Crippen molar-refractivity contribution in [3.8, 4) is 0 Å². The molecule has 0 fully saturated rings. The monoisotopic (exact) mass is 342 g/mol. The van der Waals surface area contributed by atoms with Crippen molar-refractivity contribution in [3.05, 3.63) is 71.8 Å². The van der Waals surface area contributed by atoms with Crippen LogP contribution in [0.2, 0.25) is 0 Å². The van der Waals surface area contributed by atoms with E-state index in [9.17, 15) is 4.21 Å². The molecule has 0 amide bonds. The van der Waals surface area contributed by atoms with Gasteiger partial charge in [-0.3, -0.25) is 4.21 Å². The molecule has 0 aliphatic carbocycles. The zero-order chi connectivity index (χ0) is 14.9. The molecule has 0 saturated heterocycles. The molecule has 1 nitrogen and oxygen atoms in total. The van der Waals surface area contributed by atoms with E-state index in [-0.39, 0.29) is 9.16 Å². The zero-order valence-electron chi connectivity index (χ0n) is 11.7. The summed E-state index contributed by atoms with van der Waals surface area (Å²) in [7, 11) is -0.955. The number of thioether (sulfide) groups is 2. The van der Waals surface area contributed by atoms with Crippen LogP contribution in [0.15, 0.2) is 70.5 Å². The van der Waals surface area contributed by atoms with Crippen molar-refractivity contribution in [1.82, 2.24) is 0 Å². The summed E-state index contributed by atoms with van der Waals surface area (Å²) in [5.41, 5.74) is 2.44. The van der Waals surface area contributed by atoms with E-state index < -0.39 is 10.8 Å². The lowest BCUT2D eigenvalue weighted by atomic mass is 10.2. The highest BCUT2D eigenvalue weighted by molar-refractivity contribution is 8.18. The van der Waals surface area contributed by atoms with E-state index in [1.54, 1.807) is 23.5 Å². The highest BCUT2D eigenvalue weighted by Crippen LogP contribution is 2.41. The minimum absolute atomic E-state index is 0.0160. The Morgan fingerprint density at radius 3 is 1.68 bits per heavy atom. The average molecular weight is 343 g/mol. The number of hydrogen-bond acceptors (Lipinski definition) is 3. The summed E-state index contributed by atoms with van der Waals surface area (Å²) in [5.74, 6) is 0. The van der Waals surface area contributed by atoms with Crippen LogP contribution in [-0.4, -0.2) is 13.4 Å². The van der Waals surface area contributed by atoms with Gasteiger partial charge in [-0.05, 0) is 23.3 Å². The molecule has 2 atom stereocenters. The van der Waals surface area contributed by atoms with Crippen LogP contribution in [0.1, 0.15) is 11.1 Å². The van der Waals surface area contributed by atoms with Gasteiger partial charge in [-0.15, -0.1) is 23.5 Å². The molecule has 2 unspecified atom stereocenters. The molecule has 4 rings (SSSR count). The number of fused-ring (bicyclic) bond motifs is 2. The van der Waals surface area contributed by atoms with Gasteiger partial charge < -0.3 is 0 Å². The maximum atomic E-state index is 12.9. The molecule has 0 radical (unpaired) electrons. The van der Waals surface area contributed by atoms with E-state index in [4.69, 9.17) is 0 Å². The molecule has 2 heterocycles. The van der Waals surface area contributed by atoms with Crippen LogP contribution < -0.4 is 0 Å². The molecular weight excluding hydrogens is 328 g/mol. The molecule has 4 heteroatoms. The molecule has 110 valence electrons. The molecule has 0 aromatic heterocycles. The van der Waals surface area contributed by atoms with Crippen LogP contribution in [-0.2, 0) is 10.8 Å². The van der Waals surface area contributed by atoms with Crippen LogP contribution in [0.4, 0.5) is 0 Å². The predicted octanol–water partition coefficient (Wildman–Crippen LogP) is 5.03. The maximum Gasteiger partial charge on any atom is 0.105 e. The first-order valence-corrected chi connectivity index (χ1v) is 10.1. The summed E-state index contributed by atoms with van der Waals surface area (Å²) < 4.78 is 13.0. The van der Waals surface area contributed by atoms with Gasteiger partial charge in [0.2, 0.25) is 0 Å². The third kappa shape index (κ3) is 2.71. The zero-order valence-corrected chi connectivity index (χ0v) is 14.2. The summed E-state index contributed by atoms with van der Waals surface area (Å²) in [6.07, 6.45) is 8.36. The van der Waals surface area contributed by atoms with Crippen molar-refractivity contribution in [2.24, 2.45) is 0 Å². The first kappa shape index (κ1) is 14.4. The lowest BCUT2D eigenvalue weighted by Crippen LogP contribution is -2.20. The van der Waals surface area contributed by atoms with Gasteiger partial charge in [-0.25, -0.2) is 0 Å². The lowest BCUT2D eigenvalue weighted by molar-refractivity contribution is 0.684. The Kier molecular flexibility index (Phi) is 3.99. The normalized spacial score (nSPS) is 23.6. The SMILES string of the molecule is O=S(C1C=Cc2ccccc2S1)C1C=Cc2ccccc2S1. The fourth-order valence-corrected chi connectivity index (χ4v) is 7.24. The van der Waals surface area contributed by atoms with Crippen LogP contribution in [0.3, 0.4) is 0 Å². The fraction of sp³-hybridized carbons (Fsp3) is 0.111. The Bertz CT molecular complexity index is 729. The van der Waals surface area contributed by atoms with E-state index in [0.29, 0.717) is 0 Å². The largest absolute Gasteiger partial charge is 0.257 e. The second-order valence-electron chi connectivity index (χ2n) is 5.09. The molecular formula is C18H14OS3. The van der Waals surface area contributed by atoms with Crippen molar-refractivity contribution in [1.29, 1.82) is 0 Å². The van der Waals surface area contributed by atoms with Crippen molar-refractivity contribution in [2.75, 3.05) is 0 Å². The highest BCUT2D eigenvalue weighted by atomic mass is 32.3. The Labute approximate surface area is 141 Å². The molecule has 22 heavy (non-hydrogen) atoms. The predicted molar refractivity (Wildman–Crippen MR) is 98.4 cm³/mol. The lowest BCUT2D eigenvalue weighted by Gasteiger charge is -2.24. The first-order valence-electron chi connectivity index (χ1n) is 7.08. The Hall–Kier alpha value is -1.23. The van der Waals surface area contributed by atoms with Crippen LogP contribution in [0.25, 0.3) is 12.2 Å². The molecule has 2 aliphatic heterocycles. The molecule has 0 N–H and O–H groups in total. The van der Waals surface area contributed by atoms with Gasteiger partial charge >= 0.3 is 0 Å². The Morgan fingerprint density at radius 1 is 0.727 bits per heavy atom.